The van der Waals surface area contributed by atoms with E-state index in [9.17, 15) is 0 Å². The molecule has 0 radical (unpaired) electrons. The first-order valence-electron chi connectivity index (χ1n) is 14.4. The summed E-state index contributed by atoms with van der Waals surface area (Å²) in [7, 11) is 0. The standard InChI is InChI=1S/C40H30N2/c1-2-41-37-26-13-14-27-38(37)42(31-19-7-4-8-20-31)32-21-15-18-30(28-32)40-35-24-11-9-22-33(35)39(29-16-5-3-6-17-29)34-23-10-12-25-36(34)40/h2-28H,1H3/b41-2-. The fourth-order valence-corrected chi connectivity index (χ4v) is 6.06. The van der Waals surface area contributed by atoms with E-state index in [4.69, 9.17) is 4.99 Å². The second-order valence-corrected chi connectivity index (χ2v) is 10.3. The summed E-state index contributed by atoms with van der Waals surface area (Å²) in [6.45, 7) is 1.96. The molecule has 7 rings (SSSR count). The van der Waals surface area contributed by atoms with Crippen molar-refractivity contribution < 1.29 is 0 Å². The fraction of sp³-hybridized carbons (Fsp3) is 0.0250. The van der Waals surface area contributed by atoms with Crippen molar-refractivity contribution in [3.05, 3.63) is 158 Å². The van der Waals surface area contributed by atoms with Crippen LogP contribution in [0.15, 0.2) is 163 Å². The minimum absolute atomic E-state index is 0.928. The number of nitrogens with zero attached hydrogens (tertiary/aromatic N) is 2. The maximum absolute atomic E-state index is 4.71. The number of para-hydroxylation sites is 3. The maximum atomic E-state index is 4.71. The Hall–Kier alpha value is -5.47. The van der Waals surface area contributed by atoms with Crippen molar-refractivity contribution in [2.24, 2.45) is 4.99 Å². The highest BCUT2D eigenvalue weighted by atomic mass is 15.2. The molecule has 0 atom stereocenters. The topological polar surface area (TPSA) is 15.6 Å². The van der Waals surface area contributed by atoms with Crippen molar-refractivity contribution in [1.82, 2.24) is 0 Å². The Kier molecular flexibility index (Phi) is 6.79. The smallest absolute Gasteiger partial charge is 0.0866 e. The first kappa shape index (κ1) is 25.5. The number of aliphatic imine (C=N–C) groups is 1. The second-order valence-electron chi connectivity index (χ2n) is 10.3. The average Bonchev–Trinajstić information content (AvgIpc) is 3.05. The molecule has 0 heterocycles. The van der Waals surface area contributed by atoms with Gasteiger partial charge in [-0.25, -0.2) is 0 Å². The van der Waals surface area contributed by atoms with E-state index in [2.05, 4.69) is 157 Å². The highest BCUT2D eigenvalue weighted by Gasteiger charge is 2.19. The monoisotopic (exact) mass is 538 g/mol. The van der Waals surface area contributed by atoms with Crippen molar-refractivity contribution in [3.63, 3.8) is 0 Å². The van der Waals surface area contributed by atoms with Crippen LogP contribution in [0.4, 0.5) is 22.7 Å². The lowest BCUT2D eigenvalue weighted by Gasteiger charge is -2.27. The van der Waals surface area contributed by atoms with Crippen LogP contribution in [0, 0.1) is 0 Å². The lowest BCUT2D eigenvalue weighted by atomic mass is 9.86. The van der Waals surface area contributed by atoms with Gasteiger partial charge < -0.3 is 4.90 Å². The lowest BCUT2D eigenvalue weighted by Crippen LogP contribution is -2.10. The molecule has 7 aromatic rings. The van der Waals surface area contributed by atoms with Gasteiger partial charge in [0.15, 0.2) is 0 Å². The van der Waals surface area contributed by atoms with E-state index in [0.717, 1.165) is 22.7 Å². The number of fused-ring (bicyclic) bond motifs is 2. The predicted molar refractivity (Wildman–Crippen MR) is 181 cm³/mol. The summed E-state index contributed by atoms with van der Waals surface area (Å²) in [5.41, 5.74) is 9.06. The first-order chi connectivity index (χ1) is 20.8. The van der Waals surface area contributed by atoms with Crippen LogP contribution in [0.2, 0.25) is 0 Å². The van der Waals surface area contributed by atoms with Gasteiger partial charge in [-0.2, -0.15) is 0 Å². The largest absolute Gasteiger partial charge is 0.308 e. The van der Waals surface area contributed by atoms with Gasteiger partial charge in [0, 0.05) is 17.6 Å². The van der Waals surface area contributed by atoms with Gasteiger partial charge in [-0.3, -0.25) is 4.99 Å². The molecular weight excluding hydrogens is 508 g/mol. The zero-order valence-corrected chi connectivity index (χ0v) is 23.5. The average molecular weight is 539 g/mol. The summed E-state index contributed by atoms with van der Waals surface area (Å²) in [4.78, 5) is 7.01. The summed E-state index contributed by atoms with van der Waals surface area (Å²) in [6.07, 6.45) is 1.85. The van der Waals surface area contributed by atoms with Crippen molar-refractivity contribution in [2.75, 3.05) is 4.90 Å². The van der Waals surface area contributed by atoms with Crippen LogP contribution >= 0.6 is 0 Å². The number of rotatable bonds is 6. The van der Waals surface area contributed by atoms with E-state index in [-0.39, 0.29) is 0 Å². The highest BCUT2D eigenvalue weighted by Crippen LogP contribution is 2.46. The van der Waals surface area contributed by atoms with Gasteiger partial charge in [-0.15, -0.1) is 0 Å². The van der Waals surface area contributed by atoms with Gasteiger partial charge in [0.25, 0.3) is 0 Å². The van der Waals surface area contributed by atoms with Gasteiger partial charge in [0.1, 0.15) is 0 Å². The number of hydrogen-bond acceptors (Lipinski definition) is 2. The molecule has 42 heavy (non-hydrogen) atoms. The minimum Gasteiger partial charge on any atom is -0.308 e. The van der Waals surface area contributed by atoms with E-state index in [1.54, 1.807) is 0 Å². The summed E-state index contributed by atoms with van der Waals surface area (Å²) >= 11 is 0. The Bertz CT molecular complexity index is 1990. The third-order valence-electron chi connectivity index (χ3n) is 7.79. The zero-order chi connectivity index (χ0) is 28.3. The molecule has 7 aromatic carbocycles. The van der Waals surface area contributed by atoms with E-state index in [1.165, 1.54) is 43.8 Å². The molecular formula is C40H30N2. The quantitative estimate of drug-likeness (QED) is 0.152. The number of benzene rings is 7. The molecule has 0 aliphatic rings. The third-order valence-corrected chi connectivity index (χ3v) is 7.79. The van der Waals surface area contributed by atoms with E-state index < -0.39 is 0 Å². The van der Waals surface area contributed by atoms with Crippen molar-refractivity contribution in [1.29, 1.82) is 0 Å². The van der Waals surface area contributed by atoms with Crippen LogP contribution in [-0.4, -0.2) is 6.21 Å². The first-order valence-corrected chi connectivity index (χ1v) is 14.4. The van der Waals surface area contributed by atoms with Crippen LogP contribution in [0.25, 0.3) is 43.8 Å². The van der Waals surface area contributed by atoms with Crippen LogP contribution < -0.4 is 4.90 Å². The second kappa shape index (κ2) is 11.2. The van der Waals surface area contributed by atoms with Gasteiger partial charge >= 0.3 is 0 Å². The summed E-state index contributed by atoms with van der Waals surface area (Å²) in [5, 5.41) is 5.00. The van der Waals surface area contributed by atoms with Gasteiger partial charge in [-0.05, 0) is 87.1 Å². The highest BCUT2D eigenvalue weighted by molar-refractivity contribution is 6.21. The molecule has 200 valence electrons. The Morgan fingerprint density at radius 1 is 0.452 bits per heavy atom. The van der Waals surface area contributed by atoms with Crippen molar-refractivity contribution in [2.45, 2.75) is 6.92 Å². The Labute approximate surface area is 246 Å². The molecule has 0 N–H and O–H groups in total. The summed E-state index contributed by atoms with van der Waals surface area (Å²) < 4.78 is 0. The minimum atomic E-state index is 0.928. The number of anilines is 3. The summed E-state index contributed by atoms with van der Waals surface area (Å²) in [6, 6.07) is 56.1. The molecule has 0 unspecified atom stereocenters. The van der Waals surface area contributed by atoms with Crippen LogP contribution in [-0.2, 0) is 0 Å². The fourth-order valence-electron chi connectivity index (χ4n) is 6.06. The van der Waals surface area contributed by atoms with E-state index >= 15 is 0 Å². The van der Waals surface area contributed by atoms with Crippen molar-refractivity contribution in [3.8, 4) is 22.3 Å². The summed E-state index contributed by atoms with van der Waals surface area (Å²) in [5.74, 6) is 0. The molecule has 2 nitrogen and oxygen atoms in total. The molecule has 0 saturated heterocycles. The molecule has 0 aliphatic heterocycles. The predicted octanol–water partition coefficient (Wildman–Crippen LogP) is 11.5. The molecule has 0 aromatic heterocycles. The van der Waals surface area contributed by atoms with Gasteiger partial charge in [0.2, 0.25) is 0 Å². The molecule has 0 fully saturated rings. The zero-order valence-electron chi connectivity index (χ0n) is 23.5. The van der Waals surface area contributed by atoms with E-state index in [1.807, 2.05) is 19.2 Å². The number of hydrogen-bond donors (Lipinski definition) is 0. The SMILES string of the molecule is C/C=N\c1ccccc1N(c1ccccc1)c1cccc(-c2c3ccccc3c(-c3ccccc3)c3ccccc23)c1. The molecule has 0 saturated carbocycles. The Morgan fingerprint density at radius 3 is 1.55 bits per heavy atom. The normalized spacial score (nSPS) is 11.4. The van der Waals surface area contributed by atoms with Crippen LogP contribution in [0.5, 0.6) is 0 Å². The van der Waals surface area contributed by atoms with Gasteiger partial charge in [0.05, 0.1) is 11.4 Å². The van der Waals surface area contributed by atoms with Crippen LogP contribution in [0.3, 0.4) is 0 Å². The Balaban J connectivity index is 1.50. The third kappa shape index (κ3) is 4.53. The maximum Gasteiger partial charge on any atom is 0.0866 e. The Morgan fingerprint density at radius 2 is 0.929 bits per heavy atom. The van der Waals surface area contributed by atoms with Crippen molar-refractivity contribution >= 4 is 50.5 Å². The molecule has 2 heteroatoms. The molecule has 0 bridgehead atoms. The molecule has 0 amide bonds. The molecule has 0 aliphatic carbocycles. The van der Waals surface area contributed by atoms with Gasteiger partial charge in [-0.1, -0.05) is 121 Å². The van der Waals surface area contributed by atoms with Crippen LogP contribution in [0.1, 0.15) is 6.92 Å². The molecule has 0 spiro atoms. The lowest BCUT2D eigenvalue weighted by molar-refractivity contribution is 1.27. The van der Waals surface area contributed by atoms with E-state index in [0.29, 0.717) is 0 Å².